The van der Waals surface area contributed by atoms with E-state index in [1.807, 2.05) is 24.3 Å². The van der Waals surface area contributed by atoms with Crippen molar-refractivity contribution in [1.29, 1.82) is 0 Å². The van der Waals surface area contributed by atoms with E-state index in [-0.39, 0.29) is 18.4 Å². The molecule has 0 radical (unpaired) electrons. The summed E-state index contributed by atoms with van der Waals surface area (Å²) in [7, 11) is 3.21. The van der Waals surface area contributed by atoms with Crippen molar-refractivity contribution in [2.24, 2.45) is 0 Å². The average molecular weight is 361 g/mol. The molecule has 0 unspecified atom stereocenters. The van der Waals surface area contributed by atoms with E-state index in [2.05, 4.69) is 10.2 Å². The molecular weight excluding hydrogens is 334 g/mol. The van der Waals surface area contributed by atoms with Gasteiger partial charge in [0.2, 0.25) is 11.8 Å². The molecule has 1 aliphatic rings. The molecule has 1 fully saturated rings. The predicted octanol–water partition coefficient (Wildman–Crippen LogP) is 0.615. The molecule has 1 N–H and O–H groups in total. The predicted molar refractivity (Wildman–Crippen MR) is 99.9 cm³/mol. The fourth-order valence-corrected chi connectivity index (χ4v) is 2.57. The summed E-state index contributed by atoms with van der Waals surface area (Å²) in [4.78, 5) is 27.7. The van der Waals surface area contributed by atoms with Gasteiger partial charge in [-0.1, -0.05) is 12.1 Å². The molecule has 0 bridgehead atoms. The number of rotatable bonds is 8. The highest BCUT2D eigenvalue weighted by atomic mass is 16.5. The van der Waals surface area contributed by atoms with Crippen LogP contribution in [0.5, 0.6) is 5.75 Å². The standard InChI is InChI=1S/C19H27N3O4/c1-21(15-18(23)20-8-9-22-10-12-26-13-11-22)19(24)7-6-16-4-3-5-17(14-16)25-2/h3-7,14H,8-13,15H2,1-2H3,(H,20,23)/b7-6+. The quantitative estimate of drug-likeness (QED) is 0.687. The Kier molecular flexibility index (Phi) is 8.11. The van der Waals surface area contributed by atoms with Gasteiger partial charge in [-0.2, -0.15) is 0 Å². The van der Waals surface area contributed by atoms with Crippen molar-refractivity contribution in [3.05, 3.63) is 35.9 Å². The number of ether oxygens (including phenoxy) is 2. The van der Waals surface area contributed by atoms with E-state index in [1.54, 1.807) is 20.2 Å². The number of benzene rings is 1. The van der Waals surface area contributed by atoms with E-state index in [9.17, 15) is 9.59 Å². The first-order valence-electron chi connectivity index (χ1n) is 8.72. The van der Waals surface area contributed by atoms with Crippen LogP contribution in [-0.2, 0) is 14.3 Å². The van der Waals surface area contributed by atoms with Crippen molar-refractivity contribution in [3.8, 4) is 5.75 Å². The van der Waals surface area contributed by atoms with Crippen LogP contribution in [0.3, 0.4) is 0 Å². The Hall–Kier alpha value is -2.38. The number of methoxy groups -OCH3 is 1. The first-order valence-corrected chi connectivity index (χ1v) is 8.72. The van der Waals surface area contributed by atoms with Gasteiger partial charge in [0.15, 0.2) is 0 Å². The molecule has 1 saturated heterocycles. The second-order valence-electron chi connectivity index (χ2n) is 6.11. The summed E-state index contributed by atoms with van der Waals surface area (Å²) in [5.74, 6) is 0.340. The Bertz CT molecular complexity index is 627. The average Bonchev–Trinajstić information content (AvgIpc) is 2.67. The lowest BCUT2D eigenvalue weighted by atomic mass is 10.2. The fourth-order valence-electron chi connectivity index (χ4n) is 2.57. The molecule has 7 nitrogen and oxygen atoms in total. The Morgan fingerprint density at radius 3 is 2.85 bits per heavy atom. The maximum atomic E-state index is 12.1. The van der Waals surface area contributed by atoms with E-state index < -0.39 is 0 Å². The van der Waals surface area contributed by atoms with Gasteiger partial charge in [0, 0.05) is 39.3 Å². The maximum absolute atomic E-state index is 12.1. The Morgan fingerprint density at radius 2 is 2.12 bits per heavy atom. The van der Waals surface area contributed by atoms with Crippen LogP contribution in [0.25, 0.3) is 6.08 Å². The number of hydrogen-bond donors (Lipinski definition) is 1. The zero-order valence-corrected chi connectivity index (χ0v) is 15.4. The molecule has 2 rings (SSSR count). The van der Waals surface area contributed by atoms with Gasteiger partial charge in [-0.05, 0) is 23.8 Å². The fraction of sp³-hybridized carbons (Fsp3) is 0.474. The molecule has 142 valence electrons. The molecule has 2 amide bonds. The summed E-state index contributed by atoms with van der Waals surface area (Å²) in [6, 6.07) is 7.41. The number of hydrogen-bond acceptors (Lipinski definition) is 5. The SMILES string of the molecule is COc1cccc(/C=C/C(=O)N(C)CC(=O)NCCN2CCOCC2)c1. The lowest BCUT2D eigenvalue weighted by molar-refractivity contribution is -0.131. The van der Waals surface area contributed by atoms with E-state index >= 15 is 0 Å². The molecule has 0 aliphatic carbocycles. The molecule has 0 spiro atoms. The normalized spacial score (nSPS) is 15.0. The molecule has 1 aromatic carbocycles. The highest BCUT2D eigenvalue weighted by molar-refractivity contribution is 5.94. The Morgan fingerprint density at radius 1 is 1.35 bits per heavy atom. The van der Waals surface area contributed by atoms with Gasteiger partial charge in [0.05, 0.1) is 26.9 Å². The maximum Gasteiger partial charge on any atom is 0.246 e. The van der Waals surface area contributed by atoms with Crippen LogP contribution in [0.15, 0.2) is 30.3 Å². The molecule has 1 heterocycles. The van der Waals surface area contributed by atoms with Crippen molar-refractivity contribution in [2.45, 2.75) is 0 Å². The third-order valence-electron chi connectivity index (χ3n) is 4.12. The number of nitrogens with one attached hydrogen (secondary N) is 1. The molecule has 0 atom stereocenters. The van der Waals surface area contributed by atoms with Gasteiger partial charge in [0.25, 0.3) is 0 Å². The van der Waals surface area contributed by atoms with Crippen molar-refractivity contribution >= 4 is 17.9 Å². The second-order valence-corrected chi connectivity index (χ2v) is 6.11. The minimum Gasteiger partial charge on any atom is -0.497 e. The largest absolute Gasteiger partial charge is 0.497 e. The highest BCUT2D eigenvalue weighted by Crippen LogP contribution is 2.13. The van der Waals surface area contributed by atoms with Crippen molar-refractivity contribution in [2.75, 3.05) is 60.1 Å². The minimum absolute atomic E-state index is 0.0321. The summed E-state index contributed by atoms with van der Waals surface area (Å²) in [6.45, 7) is 4.66. The number of morpholine rings is 1. The van der Waals surface area contributed by atoms with Gasteiger partial charge >= 0.3 is 0 Å². The first-order chi connectivity index (χ1) is 12.6. The summed E-state index contributed by atoms with van der Waals surface area (Å²) in [6.07, 6.45) is 3.16. The van der Waals surface area contributed by atoms with Gasteiger partial charge < -0.3 is 19.7 Å². The van der Waals surface area contributed by atoms with Gasteiger partial charge in [-0.15, -0.1) is 0 Å². The van der Waals surface area contributed by atoms with Gasteiger partial charge in [0.1, 0.15) is 5.75 Å². The summed E-state index contributed by atoms with van der Waals surface area (Å²) >= 11 is 0. The molecule has 0 aromatic heterocycles. The molecule has 0 saturated carbocycles. The van der Waals surface area contributed by atoms with Crippen LogP contribution in [0, 0.1) is 0 Å². The van der Waals surface area contributed by atoms with Crippen LogP contribution >= 0.6 is 0 Å². The smallest absolute Gasteiger partial charge is 0.246 e. The summed E-state index contributed by atoms with van der Waals surface area (Å²) in [5, 5.41) is 2.85. The summed E-state index contributed by atoms with van der Waals surface area (Å²) in [5.41, 5.74) is 0.862. The third kappa shape index (κ3) is 6.85. The van der Waals surface area contributed by atoms with Crippen LogP contribution < -0.4 is 10.1 Å². The zero-order chi connectivity index (χ0) is 18.8. The van der Waals surface area contributed by atoms with Crippen LogP contribution in [0.4, 0.5) is 0 Å². The molecular formula is C19H27N3O4. The van der Waals surface area contributed by atoms with Crippen molar-refractivity contribution < 1.29 is 19.1 Å². The van der Waals surface area contributed by atoms with Gasteiger partial charge in [-0.3, -0.25) is 14.5 Å². The third-order valence-corrected chi connectivity index (χ3v) is 4.12. The molecule has 1 aromatic rings. The molecule has 26 heavy (non-hydrogen) atoms. The number of carbonyl (C=O) groups is 2. The Balaban J connectivity index is 1.71. The van der Waals surface area contributed by atoms with Crippen LogP contribution in [0.2, 0.25) is 0 Å². The minimum atomic E-state index is -0.226. The topological polar surface area (TPSA) is 71.1 Å². The highest BCUT2D eigenvalue weighted by Gasteiger charge is 2.12. The van der Waals surface area contributed by atoms with Crippen molar-refractivity contribution in [1.82, 2.24) is 15.1 Å². The zero-order valence-electron chi connectivity index (χ0n) is 15.4. The second kappa shape index (κ2) is 10.6. The van der Waals surface area contributed by atoms with E-state index in [1.165, 1.54) is 11.0 Å². The van der Waals surface area contributed by atoms with Gasteiger partial charge in [-0.25, -0.2) is 0 Å². The number of nitrogens with zero attached hydrogens (tertiary/aromatic N) is 2. The molecule has 7 heteroatoms. The van der Waals surface area contributed by atoms with Crippen LogP contribution in [0.1, 0.15) is 5.56 Å². The number of amides is 2. The van der Waals surface area contributed by atoms with E-state index in [0.29, 0.717) is 6.54 Å². The summed E-state index contributed by atoms with van der Waals surface area (Å²) < 4.78 is 10.4. The lowest BCUT2D eigenvalue weighted by Crippen LogP contribution is -2.43. The first kappa shape index (κ1) is 19.9. The van der Waals surface area contributed by atoms with E-state index in [0.717, 1.165) is 44.2 Å². The van der Waals surface area contributed by atoms with E-state index in [4.69, 9.17) is 9.47 Å². The monoisotopic (exact) mass is 361 g/mol. The van der Waals surface area contributed by atoms with Crippen molar-refractivity contribution in [3.63, 3.8) is 0 Å². The lowest BCUT2D eigenvalue weighted by Gasteiger charge is -2.26. The van der Waals surface area contributed by atoms with Crippen LogP contribution in [-0.4, -0.2) is 81.7 Å². The number of carbonyl (C=O) groups excluding carboxylic acids is 2. The molecule has 1 aliphatic heterocycles. The number of likely N-dealkylation sites (N-methyl/N-ethyl adjacent to an activating group) is 1. The Labute approximate surface area is 154 Å².